The molecule has 0 aromatic carbocycles. The van der Waals surface area contributed by atoms with Crippen LogP contribution in [0.3, 0.4) is 0 Å². The largest absolute Gasteiger partial charge is 0.379 e. The third kappa shape index (κ3) is 11.3. The molecular weight excluding hydrogens is 196 g/mol. The first kappa shape index (κ1) is 14.4. The van der Waals surface area contributed by atoms with Gasteiger partial charge in [0.05, 0.1) is 26.4 Å². The molecule has 0 aromatic rings. The molecule has 88 valence electrons. The number of hydrogen-bond donors (Lipinski definition) is 3. The van der Waals surface area contributed by atoms with Crippen molar-refractivity contribution in [1.29, 1.82) is 0 Å². The van der Waals surface area contributed by atoms with Crippen LogP contribution in [0.5, 0.6) is 0 Å². The molecular formula is C10H20N2O3. The van der Waals surface area contributed by atoms with Gasteiger partial charge in [-0.2, -0.15) is 0 Å². The first-order valence-corrected chi connectivity index (χ1v) is 5.01. The van der Waals surface area contributed by atoms with E-state index < -0.39 is 6.10 Å². The number of ether oxygens (including phenoxy) is 2. The van der Waals surface area contributed by atoms with E-state index in [-0.39, 0.29) is 0 Å². The molecule has 0 saturated carbocycles. The average molecular weight is 216 g/mol. The summed E-state index contributed by atoms with van der Waals surface area (Å²) in [6.07, 6.45) is 4.26. The zero-order chi connectivity index (χ0) is 11.4. The van der Waals surface area contributed by atoms with Crippen LogP contribution in [-0.2, 0) is 9.47 Å². The Hall–Kier alpha value is -0.640. The summed E-state index contributed by atoms with van der Waals surface area (Å²) in [6.45, 7) is 3.84. The van der Waals surface area contributed by atoms with Crippen LogP contribution in [0.4, 0.5) is 0 Å². The Labute approximate surface area is 90.9 Å². The number of hydrogen-bond acceptors (Lipinski definition) is 5. The summed E-state index contributed by atoms with van der Waals surface area (Å²) in [6, 6.07) is 0. The van der Waals surface area contributed by atoms with Gasteiger partial charge in [0, 0.05) is 19.6 Å². The molecule has 0 radical (unpaired) electrons. The molecule has 0 aliphatic carbocycles. The predicted molar refractivity (Wildman–Crippen MR) is 58.4 cm³/mol. The quantitative estimate of drug-likeness (QED) is 0.308. The number of aliphatic hydroxyl groups excluding tert-OH is 1. The number of aliphatic hydroxyl groups is 1. The first-order valence-electron chi connectivity index (χ1n) is 5.01. The van der Waals surface area contributed by atoms with Gasteiger partial charge in [-0.3, -0.25) is 0 Å². The van der Waals surface area contributed by atoms with Crippen LogP contribution in [0.1, 0.15) is 0 Å². The van der Waals surface area contributed by atoms with Crippen LogP contribution in [-0.4, -0.2) is 57.3 Å². The molecule has 1 atom stereocenters. The molecule has 4 N–H and O–H groups in total. The Bertz CT molecular complexity index is 171. The molecule has 0 fully saturated rings. The predicted octanol–water partition coefficient (Wildman–Crippen LogP) is -1.44. The van der Waals surface area contributed by atoms with Crippen molar-refractivity contribution >= 4 is 0 Å². The smallest absolute Gasteiger partial charge is 0.126 e. The molecule has 0 bridgehead atoms. The van der Waals surface area contributed by atoms with Gasteiger partial charge >= 0.3 is 0 Å². The maximum absolute atomic E-state index is 8.99. The molecule has 5 heteroatoms. The highest BCUT2D eigenvalue weighted by Gasteiger charge is 1.96. The summed E-state index contributed by atoms with van der Waals surface area (Å²) in [5.41, 5.74) is 5.23. The van der Waals surface area contributed by atoms with Gasteiger partial charge in [0.15, 0.2) is 0 Å². The number of nitrogens with one attached hydrogen (secondary N) is 1. The van der Waals surface area contributed by atoms with Crippen LogP contribution in [0.25, 0.3) is 0 Å². The minimum atomic E-state index is -0.724. The van der Waals surface area contributed by atoms with Gasteiger partial charge < -0.3 is 25.6 Å². The monoisotopic (exact) mass is 216 g/mol. The van der Waals surface area contributed by atoms with Crippen molar-refractivity contribution in [3.8, 4) is 12.3 Å². The van der Waals surface area contributed by atoms with Gasteiger partial charge in [-0.05, 0) is 0 Å². The van der Waals surface area contributed by atoms with E-state index in [1.54, 1.807) is 0 Å². The van der Waals surface area contributed by atoms with Gasteiger partial charge in [0.2, 0.25) is 0 Å². The molecule has 0 spiro atoms. The topological polar surface area (TPSA) is 76.7 Å². The Kier molecular flexibility index (Phi) is 10.9. The fraction of sp³-hybridized carbons (Fsp3) is 0.800. The van der Waals surface area contributed by atoms with Gasteiger partial charge in [-0.25, -0.2) is 0 Å². The second-order valence-corrected chi connectivity index (χ2v) is 2.90. The lowest BCUT2D eigenvalue weighted by atomic mass is 10.4. The Morgan fingerprint density at radius 3 is 2.53 bits per heavy atom. The lowest BCUT2D eigenvalue weighted by molar-refractivity contribution is 0.0513. The maximum Gasteiger partial charge on any atom is 0.126 e. The molecule has 5 nitrogen and oxygen atoms in total. The minimum Gasteiger partial charge on any atom is -0.379 e. The normalized spacial score (nSPS) is 12.3. The summed E-state index contributed by atoms with van der Waals surface area (Å²) in [4.78, 5) is 0. The second-order valence-electron chi connectivity index (χ2n) is 2.90. The summed E-state index contributed by atoms with van der Waals surface area (Å²) < 4.78 is 10.3. The van der Waals surface area contributed by atoms with Gasteiger partial charge in [0.1, 0.15) is 6.10 Å². The third-order valence-corrected chi connectivity index (χ3v) is 1.59. The van der Waals surface area contributed by atoms with E-state index in [1.807, 2.05) is 0 Å². The van der Waals surface area contributed by atoms with Crippen molar-refractivity contribution < 1.29 is 14.6 Å². The SMILES string of the molecule is C#CC(O)CNCCOCCOCCN. The highest BCUT2D eigenvalue weighted by molar-refractivity contribution is 4.94. The highest BCUT2D eigenvalue weighted by Crippen LogP contribution is 1.78. The third-order valence-electron chi connectivity index (χ3n) is 1.59. The summed E-state index contributed by atoms with van der Waals surface area (Å²) >= 11 is 0. The number of nitrogens with two attached hydrogens (primary N) is 1. The standard InChI is InChI=1S/C10H20N2O3/c1-2-10(13)9-12-4-6-15-8-7-14-5-3-11/h1,10,12-13H,3-9,11H2. The van der Waals surface area contributed by atoms with Crippen molar-refractivity contribution in [3.63, 3.8) is 0 Å². The molecule has 0 aromatic heterocycles. The second kappa shape index (κ2) is 11.4. The van der Waals surface area contributed by atoms with E-state index in [0.29, 0.717) is 46.1 Å². The van der Waals surface area contributed by atoms with Crippen molar-refractivity contribution in [1.82, 2.24) is 5.32 Å². The van der Waals surface area contributed by atoms with E-state index in [4.69, 9.17) is 26.7 Å². The van der Waals surface area contributed by atoms with E-state index >= 15 is 0 Å². The highest BCUT2D eigenvalue weighted by atomic mass is 16.5. The van der Waals surface area contributed by atoms with Crippen LogP contribution >= 0.6 is 0 Å². The van der Waals surface area contributed by atoms with E-state index in [2.05, 4.69) is 11.2 Å². The Morgan fingerprint density at radius 2 is 1.93 bits per heavy atom. The molecule has 0 amide bonds. The average Bonchev–Trinajstić information content (AvgIpc) is 2.26. The summed E-state index contributed by atoms with van der Waals surface area (Å²) in [5.74, 6) is 2.21. The molecule has 0 aliphatic rings. The van der Waals surface area contributed by atoms with E-state index in [1.165, 1.54) is 0 Å². The van der Waals surface area contributed by atoms with Crippen LogP contribution in [0, 0.1) is 12.3 Å². The minimum absolute atomic E-state index is 0.392. The van der Waals surface area contributed by atoms with Gasteiger partial charge in [-0.1, -0.05) is 5.92 Å². The zero-order valence-corrected chi connectivity index (χ0v) is 8.95. The Balaban J connectivity index is 2.96. The maximum atomic E-state index is 8.99. The number of rotatable bonds is 10. The summed E-state index contributed by atoms with van der Waals surface area (Å²) in [5, 5.41) is 11.9. The Morgan fingerprint density at radius 1 is 1.27 bits per heavy atom. The van der Waals surface area contributed by atoms with Crippen LogP contribution in [0.15, 0.2) is 0 Å². The van der Waals surface area contributed by atoms with Gasteiger partial charge in [-0.15, -0.1) is 6.42 Å². The van der Waals surface area contributed by atoms with Crippen LogP contribution in [0.2, 0.25) is 0 Å². The van der Waals surface area contributed by atoms with Crippen molar-refractivity contribution in [2.45, 2.75) is 6.10 Å². The van der Waals surface area contributed by atoms with Crippen molar-refractivity contribution in [2.75, 3.05) is 46.1 Å². The molecule has 0 aliphatic heterocycles. The lowest BCUT2D eigenvalue weighted by Crippen LogP contribution is -2.28. The lowest BCUT2D eigenvalue weighted by Gasteiger charge is -2.07. The molecule has 0 heterocycles. The van der Waals surface area contributed by atoms with Gasteiger partial charge in [0.25, 0.3) is 0 Å². The molecule has 0 rings (SSSR count). The molecule has 0 saturated heterocycles. The number of terminal acetylenes is 1. The van der Waals surface area contributed by atoms with Crippen molar-refractivity contribution in [3.05, 3.63) is 0 Å². The zero-order valence-electron chi connectivity index (χ0n) is 8.95. The van der Waals surface area contributed by atoms with E-state index in [9.17, 15) is 0 Å². The fourth-order valence-electron chi connectivity index (χ4n) is 0.847. The first-order chi connectivity index (χ1) is 7.31. The molecule has 15 heavy (non-hydrogen) atoms. The van der Waals surface area contributed by atoms with Crippen LogP contribution < -0.4 is 11.1 Å². The fourth-order valence-corrected chi connectivity index (χ4v) is 0.847. The molecule has 1 unspecified atom stereocenters. The van der Waals surface area contributed by atoms with E-state index in [0.717, 1.165) is 0 Å². The summed E-state index contributed by atoms with van der Waals surface area (Å²) in [7, 11) is 0. The van der Waals surface area contributed by atoms with Crippen molar-refractivity contribution in [2.24, 2.45) is 5.73 Å².